The molecule has 174 valence electrons. The number of hydrogen-bond donors (Lipinski definition) is 2. The zero-order valence-electron chi connectivity index (χ0n) is 18.6. The van der Waals surface area contributed by atoms with Crippen LogP contribution in [0, 0.1) is 0 Å². The molecule has 0 fully saturated rings. The molecule has 0 saturated heterocycles. The number of halogens is 1. The van der Waals surface area contributed by atoms with E-state index in [1.807, 2.05) is 24.3 Å². The molecule has 1 unspecified atom stereocenters. The molecule has 4 aromatic rings. The zero-order valence-corrected chi connectivity index (χ0v) is 19.3. The van der Waals surface area contributed by atoms with Crippen molar-refractivity contribution in [1.82, 2.24) is 0 Å². The molecule has 7 heteroatoms. The van der Waals surface area contributed by atoms with Gasteiger partial charge in [0.15, 0.2) is 5.60 Å². The van der Waals surface area contributed by atoms with Gasteiger partial charge in [-0.1, -0.05) is 35.9 Å². The Bertz CT molecular complexity index is 1590. The topological polar surface area (TPSA) is 93.1 Å². The van der Waals surface area contributed by atoms with Crippen LogP contribution in [-0.2, 0) is 21.6 Å². The SMILES string of the molecule is CC(=O)CCc1cc2c(cc1O)Oc1c(ccc3cc(O)c(Cl)cc13)C21OC(=O)c2ccccc21. The summed E-state index contributed by atoms with van der Waals surface area (Å²) >= 11 is 6.23. The van der Waals surface area contributed by atoms with Crippen molar-refractivity contribution in [3.8, 4) is 23.0 Å². The minimum absolute atomic E-state index is 0.00247. The van der Waals surface area contributed by atoms with Crippen LogP contribution in [0.4, 0.5) is 0 Å². The lowest BCUT2D eigenvalue weighted by Gasteiger charge is -2.37. The minimum atomic E-state index is -1.33. The quantitative estimate of drug-likeness (QED) is 0.345. The van der Waals surface area contributed by atoms with E-state index in [2.05, 4.69) is 0 Å². The van der Waals surface area contributed by atoms with E-state index in [-0.39, 0.29) is 28.7 Å². The summed E-state index contributed by atoms with van der Waals surface area (Å²) in [6, 6.07) is 17.2. The van der Waals surface area contributed by atoms with Gasteiger partial charge >= 0.3 is 5.97 Å². The van der Waals surface area contributed by atoms with Gasteiger partial charge < -0.3 is 24.5 Å². The maximum absolute atomic E-state index is 13.1. The molecule has 6 nitrogen and oxygen atoms in total. The predicted octanol–water partition coefficient (Wildman–Crippen LogP) is 5.99. The van der Waals surface area contributed by atoms with E-state index in [4.69, 9.17) is 21.1 Å². The van der Waals surface area contributed by atoms with Crippen LogP contribution in [-0.4, -0.2) is 22.0 Å². The van der Waals surface area contributed by atoms with E-state index in [1.54, 1.807) is 30.3 Å². The van der Waals surface area contributed by atoms with Gasteiger partial charge in [0.25, 0.3) is 0 Å². The summed E-state index contributed by atoms with van der Waals surface area (Å²) in [5.74, 6) is 0.192. The largest absolute Gasteiger partial charge is 0.508 e. The fraction of sp³-hybridized carbons (Fsp3) is 0.143. The second-order valence-corrected chi connectivity index (χ2v) is 9.27. The summed E-state index contributed by atoms with van der Waals surface area (Å²) in [7, 11) is 0. The molecular weight excluding hydrogens is 468 g/mol. The molecule has 4 aromatic carbocycles. The number of phenols is 2. The lowest BCUT2D eigenvalue weighted by atomic mass is 9.76. The van der Waals surface area contributed by atoms with Crippen molar-refractivity contribution in [1.29, 1.82) is 0 Å². The highest BCUT2D eigenvalue weighted by molar-refractivity contribution is 6.33. The number of rotatable bonds is 3. The monoisotopic (exact) mass is 486 g/mol. The third-order valence-electron chi connectivity index (χ3n) is 6.71. The second-order valence-electron chi connectivity index (χ2n) is 8.86. The maximum atomic E-state index is 13.1. The highest BCUT2D eigenvalue weighted by Crippen LogP contribution is 2.58. The van der Waals surface area contributed by atoms with Crippen molar-refractivity contribution in [2.45, 2.75) is 25.4 Å². The lowest BCUT2D eigenvalue weighted by molar-refractivity contribution is -0.116. The fourth-order valence-electron chi connectivity index (χ4n) is 5.05. The molecule has 6 rings (SSSR count). The number of carbonyl (C=O) groups is 2. The number of fused-ring (bicyclic) bond motifs is 8. The van der Waals surface area contributed by atoms with Gasteiger partial charge in [-0.25, -0.2) is 4.79 Å². The lowest BCUT2D eigenvalue weighted by Crippen LogP contribution is -2.33. The van der Waals surface area contributed by atoms with E-state index in [1.165, 1.54) is 13.0 Å². The number of aromatic hydroxyl groups is 2. The Kier molecular flexibility index (Phi) is 4.60. The number of ether oxygens (including phenoxy) is 2. The number of phenolic OH excluding ortho intramolecular Hbond substituents is 2. The van der Waals surface area contributed by atoms with Crippen molar-refractivity contribution in [2.75, 3.05) is 0 Å². The molecule has 0 aromatic heterocycles. The number of carbonyl (C=O) groups excluding carboxylic acids is 2. The number of benzene rings is 4. The Morgan fingerprint density at radius 2 is 1.77 bits per heavy atom. The van der Waals surface area contributed by atoms with Gasteiger partial charge in [-0.2, -0.15) is 0 Å². The normalized spacial score (nSPS) is 17.5. The van der Waals surface area contributed by atoms with Gasteiger partial charge in [0.1, 0.15) is 28.8 Å². The molecule has 0 radical (unpaired) electrons. The smallest absolute Gasteiger partial charge is 0.340 e. The highest BCUT2D eigenvalue weighted by Gasteiger charge is 2.54. The average molecular weight is 487 g/mol. The van der Waals surface area contributed by atoms with E-state index >= 15 is 0 Å². The number of hydrogen-bond acceptors (Lipinski definition) is 6. The fourth-order valence-corrected chi connectivity index (χ4v) is 5.21. The van der Waals surface area contributed by atoms with Crippen LogP contribution in [0.5, 0.6) is 23.0 Å². The molecule has 0 bridgehead atoms. The van der Waals surface area contributed by atoms with Crippen molar-refractivity contribution in [3.63, 3.8) is 0 Å². The standard InChI is InChI=1S/C28H19ClO6/c1-14(30)6-7-16-10-21-25(13-23(16)31)34-26-18-12-22(29)24(32)11-15(18)8-9-20(26)28(21)19-5-3-2-4-17(19)27(33)35-28/h2-5,8-13,31-32H,6-7H2,1H3. The molecule has 35 heavy (non-hydrogen) atoms. The van der Waals surface area contributed by atoms with E-state index < -0.39 is 11.6 Å². The van der Waals surface area contributed by atoms with Gasteiger partial charge in [-0.3, -0.25) is 0 Å². The predicted molar refractivity (Wildman–Crippen MR) is 130 cm³/mol. The first-order chi connectivity index (χ1) is 16.8. The summed E-state index contributed by atoms with van der Waals surface area (Å²) < 4.78 is 12.5. The van der Waals surface area contributed by atoms with Crippen molar-refractivity contribution < 1.29 is 29.3 Å². The van der Waals surface area contributed by atoms with Gasteiger partial charge in [-0.15, -0.1) is 0 Å². The molecule has 0 saturated carbocycles. The minimum Gasteiger partial charge on any atom is -0.508 e. The number of aryl methyl sites for hydroxylation is 1. The van der Waals surface area contributed by atoms with Gasteiger partial charge in [0, 0.05) is 34.6 Å². The van der Waals surface area contributed by atoms with Crippen LogP contribution in [0.25, 0.3) is 10.8 Å². The third-order valence-corrected chi connectivity index (χ3v) is 7.01. The summed E-state index contributed by atoms with van der Waals surface area (Å²) in [6.07, 6.45) is 0.597. The average Bonchev–Trinajstić information content (AvgIpc) is 3.12. The molecule has 0 amide bonds. The molecule has 1 spiro atoms. The Morgan fingerprint density at radius 1 is 0.971 bits per heavy atom. The van der Waals surface area contributed by atoms with Crippen molar-refractivity contribution in [3.05, 3.63) is 93.5 Å². The van der Waals surface area contributed by atoms with Crippen LogP contribution >= 0.6 is 11.6 Å². The van der Waals surface area contributed by atoms with Crippen molar-refractivity contribution >= 4 is 34.1 Å². The van der Waals surface area contributed by atoms with Crippen molar-refractivity contribution in [2.24, 2.45) is 0 Å². The van der Waals surface area contributed by atoms with Gasteiger partial charge in [0.2, 0.25) is 0 Å². The van der Waals surface area contributed by atoms with Gasteiger partial charge in [0.05, 0.1) is 10.6 Å². The summed E-state index contributed by atoms with van der Waals surface area (Å²) in [5.41, 5.74) is 1.48. The number of ketones is 1. The molecule has 2 heterocycles. The van der Waals surface area contributed by atoms with Crippen LogP contribution in [0.3, 0.4) is 0 Å². The van der Waals surface area contributed by atoms with E-state index in [9.17, 15) is 19.8 Å². The van der Waals surface area contributed by atoms with Crippen LogP contribution in [0.2, 0.25) is 5.02 Å². The molecular formula is C28H19ClO6. The molecule has 2 aliphatic heterocycles. The molecule has 2 aliphatic rings. The Labute approximate surface area is 205 Å². The molecule has 2 N–H and O–H groups in total. The zero-order chi connectivity index (χ0) is 24.5. The van der Waals surface area contributed by atoms with Crippen LogP contribution in [0.15, 0.2) is 60.7 Å². The first-order valence-corrected chi connectivity index (χ1v) is 11.5. The van der Waals surface area contributed by atoms with Crippen LogP contribution < -0.4 is 4.74 Å². The number of Topliss-reactive ketones (excluding diaryl/α,β-unsaturated/α-hetero) is 1. The Balaban J connectivity index is 1.69. The molecule has 1 atom stereocenters. The first-order valence-electron chi connectivity index (χ1n) is 11.1. The highest BCUT2D eigenvalue weighted by atomic mass is 35.5. The second kappa shape index (κ2) is 7.48. The molecule has 0 aliphatic carbocycles. The van der Waals surface area contributed by atoms with Gasteiger partial charge in [-0.05, 0) is 54.6 Å². The summed E-state index contributed by atoms with van der Waals surface area (Å²) in [5, 5.41) is 22.3. The maximum Gasteiger partial charge on any atom is 0.340 e. The third kappa shape index (κ3) is 3.03. The first kappa shape index (κ1) is 21.5. The van der Waals surface area contributed by atoms with E-state index in [0.29, 0.717) is 56.5 Å². The summed E-state index contributed by atoms with van der Waals surface area (Å²) in [6.45, 7) is 1.50. The van der Waals surface area contributed by atoms with Crippen LogP contribution in [0.1, 0.15) is 46.0 Å². The Morgan fingerprint density at radius 3 is 2.57 bits per heavy atom. The summed E-state index contributed by atoms with van der Waals surface area (Å²) in [4.78, 5) is 24.7. The Hall–Kier alpha value is -4.03. The number of esters is 1. The van der Waals surface area contributed by atoms with E-state index in [0.717, 1.165) is 0 Å².